The molecular formula is C15H22FNO. The first-order valence-corrected chi connectivity index (χ1v) is 6.78. The van der Waals surface area contributed by atoms with Crippen molar-refractivity contribution in [3.63, 3.8) is 0 Å². The van der Waals surface area contributed by atoms with E-state index >= 15 is 0 Å². The van der Waals surface area contributed by atoms with Crippen molar-refractivity contribution < 1.29 is 9.50 Å². The van der Waals surface area contributed by atoms with Crippen LogP contribution in [0.1, 0.15) is 25.3 Å². The Hall–Kier alpha value is -0.930. The van der Waals surface area contributed by atoms with Crippen molar-refractivity contribution >= 4 is 0 Å². The van der Waals surface area contributed by atoms with Crippen molar-refractivity contribution in [3.05, 3.63) is 35.6 Å². The number of aliphatic hydroxyl groups is 1. The molecule has 1 aliphatic rings. The van der Waals surface area contributed by atoms with E-state index in [0.29, 0.717) is 5.92 Å². The topological polar surface area (TPSA) is 23.5 Å². The highest BCUT2D eigenvalue weighted by molar-refractivity contribution is 5.16. The second kappa shape index (κ2) is 6.30. The average Bonchev–Trinajstić information content (AvgIpc) is 2.34. The van der Waals surface area contributed by atoms with E-state index in [-0.39, 0.29) is 11.9 Å². The van der Waals surface area contributed by atoms with Gasteiger partial charge in [-0.3, -0.25) is 0 Å². The standard InChI is InChI=1S/C15H22FNO/c1-12(18)11-17-8-6-14(7-9-17)10-13-2-4-15(16)5-3-13/h2-5,12,14,18H,6-11H2,1H3. The molecule has 0 spiro atoms. The lowest BCUT2D eigenvalue weighted by Gasteiger charge is -2.32. The van der Waals surface area contributed by atoms with E-state index in [0.717, 1.165) is 26.1 Å². The molecule has 0 saturated carbocycles. The maximum atomic E-state index is 12.8. The number of likely N-dealkylation sites (tertiary alicyclic amines) is 1. The van der Waals surface area contributed by atoms with E-state index in [1.165, 1.54) is 30.5 Å². The summed E-state index contributed by atoms with van der Waals surface area (Å²) in [5.74, 6) is 0.534. The molecule has 100 valence electrons. The molecule has 1 aromatic carbocycles. The van der Waals surface area contributed by atoms with Crippen LogP contribution in [0.3, 0.4) is 0 Å². The van der Waals surface area contributed by atoms with Crippen LogP contribution in [0.2, 0.25) is 0 Å². The maximum Gasteiger partial charge on any atom is 0.123 e. The fraction of sp³-hybridized carbons (Fsp3) is 0.600. The smallest absolute Gasteiger partial charge is 0.123 e. The summed E-state index contributed by atoms with van der Waals surface area (Å²) < 4.78 is 12.8. The Morgan fingerprint density at radius 1 is 1.28 bits per heavy atom. The molecule has 1 aliphatic heterocycles. The number of halogens is 1. The van der Waals surface area contributed by atoms with Crippen LogP contribution >= 0.6 is 0 Å². The van der Waals surface area contributed by atoms with Gasteiger partial charge in [0.2, 0.25) is 0 Å². The van der Waals surface area contributed by atoms with Crippen LogP contribution in [0.4, 0.5) is 4.39 Å². The molecule has 0 aromatic heterocycles. The van der Waals surface area contributed by atoms with Crippen LogP contribution in [-0.2, 0) is 6.42 Å². The predicted molar refractivity (Wildman–Crippen MR) is 70.9 cm³/mol. The molecule has 1 atom stereocenters. The molecule has 0 bridgehead atoms. The average molecular weight is 251 g/mol. The molecule has 18 heavy (non-hydrogen) atoms. The van der Waals surface area contributed by atoms with Gasteiger partial charge in [-0.2, -0.15) is 0 Å². The largest absolute Gasteiger partial charge is 0.392 e. The third-order valence-corrected chi connectivity index (χ3v) is 3.67. The van der Waals surface area contributed by atoms with Gasteiger partial charge in [0.1, 0.15) is 5.82 Å². The lowest BCUT2D eigenvalue weighted by molar-refractivity contribution is 0.100. The number of aliphatic hydroxyl groups excluding tert-OH is 1. The summed E-state index contributed by atoms with van der Waals surface area (Å²) in [7, 11) is 0. The van der Waals surface area contributed by atoms with Crippen LogP contribution in [-0.4, -0.2) is 35.7 Å². The highest BCUT2D eigenvalue weighted by Gasteiger charge is 2.20. The maximum absolute atomic E-state index is 12.8. The molecule has 0 aliphatic carbocycles. The van der Waals surface area contributed by atoms with E-state index in [4.69, 9.17) is 0 Å². The molecule has 0 amide bonds. The number of β-amino-alcohol motifs (C(OH)–C–C–N with tert-alkyl or cyclic N) is 1. The monoisotopic (exact) mass is 251 g/mol. The van der Waals surface area contributed by atoms with E-state index in [2.05, 4.69) is 4.90 Å². The highest BCUT2D eigenvalue weighted by Crippen LogP contribution is 2.21. The predicted octanol–water partition coefficient (Wildman–Crippen LogP) is 2.46. The number of hydrogen-bond acceptors (Lipinski definition) is 2. The first kappa shape index (κ1) is 13.5. The first-order valence-electron chi connectivity index (χ1n) is 6.78. The summed E-state index contributed by atoms with van der Waals surface area (Å²) in [6.45, 7) is 4.75. The minimum atomic E-state index is -0.237. The van der Waals surface area contributed by atoms with Crippen LogP contribution in [0.25, 0.3) is 0 Å². The van der Waals surface area contributed by atoms with E-state index < -0.39 is 0 Å². The Balaban J connectivity index is 1.78. The number of rotatable bonds is 4. The summed E-state index contributed by atoms with van der Waals surface area (Å²) in [6, 6.07) is 6.85. The van der Waals surface area contributed by atoms with E-state index in [1.807, 2.05) is 19.1 Å². The van der Waals surface area contributed by atoms with Crippen LogP contribution < -0.4 is 0 Å². The molecule has 0 radical (unpaired) electrons. The van der Waals surface area contributed by atoms with Gasteiger partial charge in [-0.1, -0.05) is 12.1 Å². The quantitative estimate of drug-likeness (QED) is 0.888. The zero-order valence-corrected chi connectivity index (χ0v) is 11.0. The minimum absolute atomic E-state index is 0.162. The molecule has 1 aromatic rings. The molecule has 1 heterocycles. The van der Waals surface area contributed by atoms with Gasteiger partial charge in [0.15, 0.2) is 0 Å². The summed E-state index contributed by atoms with van der Waals surface area (Å²) in [5, 5.41) is 9.35. The molecule has 2 nitrogen and oxygen atoms in total. The van der Waals surface area contributed by atoms with E-state index in [9.17, 15) is 9.50 Å². The third kappa shape index (κ3) is 4.07. The van der Waals surface area contributed by atoms with Gasteiger partial charge in [-0.15, -0.1) is 0 Å². The fourth-order valence-electron chi connectivity index (χ4n) is 2.70. The second-order valence-electron chi connectivity index (χ2n) is 5.42. The summed E-state index contributed by atoms with van der Waals surface area (Å²) in [5.41, 5.74) is 1.23. The zero-order valence-electron chi connectivity index (χ0n) is 11.0. The summed E-state index contributed by atoms with van der Waals surface area (Å²) in [6.07, 6.45) is 3.15. The Bertz CT molecular complexity index is 355. The van der Waals surface area contributed by atoms with Crippen LogP contribution in [0.15, 0.2) is 24.3 Å². The zero-order chi connectivity index (χ0) is 13.0. The highest BCUT2D eigenvalue weighted by atomic mass is 19.1. The van der Waals surface area contributed by atoms with E-state index in [1.54, 1.807) is 0 Å². The number of piperidine rings is 1. The second-order valence-corrected chi connectivity index (χ2v) is 5.42. The van der Waals surface area contributed by atoms with Crippen molar-refractivity contribution in [1.29, 1.82) is 0 Å². The molecule has 1 saturated heterocycles. The number of hydrogen-bond donors (Lipinski definition) is 1. The molecule has 1 unspecified atom stereocenters. The van der Waals surface area contributed by atoms with Crippen molar-refractivity contribution in [1.82, 2.24) is 4.90 Å². The molecular weight excluding hydrogens is 229 g/mol. The van der Waals surface area contributed by atoms with Gasteiger partial charge >= 0.3 is 0 Å². The van der Waals surface area contributed by atoms with Crippen molar-refractivity contribution in [3.8, 4) is 0 Å². The lowest BCUT2D eigenvalue weighted by atomic mass is 9.90. The number of benzene rings is 1. The minimum Gasteiger partial charge on any atom is -0.392 e. The Morgan fingerprint density at radius 3 is 2.44 bits per heavy atom. The van der Waals surface area contributed by atoms with Crippen LogP contribution in [0, 0.1) is 11.7 Å². The lowest BCUT2D eigenvalue weighted by Crippen LogP contribution is -2.38. The normalized spacial score (nSPS) is 19.9. The third-order valence-electron chi connectivity index (χ3n) is 3.67. The van der Waals surface area contributed by atoms with Gasteiger partial charge in [0.05, 0.1) is 6.10 Å². The van der Waals surface area contributed by atoms with Crippen molar-refractivity contribution in [2.45, 2.75) is 32.3 Å². The SMILES string of the molecule is CC(O)CN1CCC(Cc2ccc(F)cc2)CC1. The van der Waals surface area contributed by atoms with Crippen LogP contribution in [0.5, 0.6) is 0 Å². The first-order chi connectivity index (χ1) is 8.63. The number of nitrogens with zero attached hydrogens (tertiary/aromatic N) is 1. The molecule has 3 heteroatoms. The van der Waals surface area contributed by atoms with Gasteiger partial charge in [0, 0.05) is 6.54 Å². The van der Waals surface area contributed by atoms with Crippen molar-refractivity contribution in [2.75, 3.05) is 19.6 Å². The summed E-state index contributed by atoms with van der Waals surface area (Å²) >= 11 is 0. The van der Waals surface area contributed by atoms with Crippen molar-refractivity contribution in [2.24, 2.45) is 5.92 Å². The van der Waals surface area contributed by atoms with Gasteiger partial charge < -0.3 is 10.0 Å². The Kier molecular flexibility index (Phi) is 4.72. The van der Waals surface area contributed by atoms with Gasteiger partial charge in [-0.25, -0.2) is 4.39 Å². The fourth-order valence-corrected chi connectivity index (χ4v) is 2.70. The Morgan fingerprint density at radius 2 is 1.89 bits per heavy atom. The van der Waals surface area contributed by atoms with Gasteiger partial charge in [-0.05, 0) is 62.9 Å². The molecule has 1 N–H and O–H groups in total. The molecule has 2 rings (SSSR count). The molecule has 1 fully saturated rings. The summed E-state index contributed by atoms with van der Waals surface area (Å²) in [4.78, 5) is 2.33. The van der Waals surface area contributed by atoms with Gasteiger partial charge in [0.25, 0.3) is 0 Å². The Labute approximate surface area is 108 Å².